The Labute approximate surface area is 194 Å². The maximum Gasteiger partial charge on any atom is 0.225 e. The molecule has 2 aromatic heterocycles. The predicted molar refractivity (Wildman–Crippen MR) is 131 cm³/mol. The number of likely N-dealkylation sites (tertiary alicyclic amines) is 2. The number of aromatic amines is 1. The molecule has 1 atom stereocenters. The second-order valence-corrected chi connectivity index (χ2v) is 10.5. The largest absolute Gasteiger partial charge is 0.391 e. The van der Waals surface area contributed by atoms with Crippen molar-refractivity contribution in [1.82, 2.24) is 14.8 Å². The third-order valence-electron chi connectivity index (χ3n) is 7.13. The zero-order valence-electron chi connectivity index (χ0n) is 19.1. The zero-order valence-corrected chi connectivity index (χ0v) is 19.9. The van der Waals surface area contributed by atoms with Crippen LogP contribution in [0.5, 0.6) is 0 Å². The number of nitrogens with zero attached hydrogens (tertiary/aromatic N) is 2. The lowest BCUT2D eigenvalue weighted by atomic mass is 9.94. The number of H-pyrrole nitrogens is 1. The molecule has 32 heavy (non-hydrogen) atoms. The Bertz CT molecular complexity index is 1090. The number of amides is 1. The van der Waals surface area contributed by atoms with Gasteiger partial charge in [0.05, 0.1) is 11.8 Å². The molecule has 0 radical (unpaired) electrons. The van der Waals surface area contributed by atoms with E-state index in [1.165, 1.54) is 38.2 Å². The number of nitrogens with one attached hydrogen (secondary N) is 1. The maximum atomic E-state index is 12.8. The maximum absolute atomic E-state index is 12.8. The Balaban J connectivity index is 1.25. The Morgan fingerprint density at radius 1 is 1.12 bits per heavy atom. The van der Waals surface area contributed by atoms with Gasteiger partial charge < -0.3 is 19.9 Å². The van der Waals surface area contributed by atoms with Crippen LogP contribution in [0.15, 0.2) is 29.6 Å². The summed E-state index contributed by atoms with van der Waals surface area (Å²) in [5, 5.41) is 13.3. The minimum atomic E-state index is -0.333. The number of benzene rings is 1. The second-order valence-electron chi connectivity index (χ2n) is 9.61. The number of carbonyl (C=O) groups excluding carboxylic acids is 1. The van der Waals surface area contributed by atoms with Crippen molar-refractivity contribution >= 4 is 27.5 Å². The summed E-state index contributed by atoms with van der Waals surface area (Å²) in [6.45, 7) is 8.52. The van der Waals surface area contributed by atoms with Crippen LogP contribution in [0.1, 0.15) is 36.0 Å². The molecule has 3 aromatic rings. The van der Waals surface area contributed by atoms with Gasteiger partial charge in [0.2, 0.25) is 5.91 Å². The van der Waals surface area contributed by atoms with Gasteiger partial charge in [-0.05, 0) is 87.3 Å². The normalized spacial score (nSPS) is 20.5. The van der Waals surface area contributed by atoms with Crippen LogP contribution in [0, 0.1) is 19.8 Å². The molecule has 2 saturated heterocycles. The predicted octanol–water partition coefficient (Wildman–Crippen LogP) is 4.36. The molecule has 2 fully saturated rings. The van der Waals surface area contributed by atoms with Gasteiger partial charge in [0.15, 0.2) is 0 Å². The van der Waals surface area contributed by atoms with Crippen LogP contribution >= 0.6 is 11.3 Å². The van der Waals surface area contributed by atoms with E-state index in [9.17, 15) is 9.90 Å². The molecule has 0 saturated carbocycles. The highest BCUT2D eigenvalue weighted by atomic mass is 32.1. The number of aromatic nitrogens is 1. The molecular weight excluding hydrogens is 418 g/mol. The number of β-amino-alcohol motifs (C(OH)–C–C–N with tert-alkyl or cyclic N) is 1. The van der Waals surface area contributed by atoms with Gasteiger partial charge in [-0.3, -0.25) is 4.79 Å². The monoisotopic (exact) mass is 451 g/mol. The number of piperidine rings is 1. The van der Waals surface area contributed by atoms with E-state index in [-0.39, 0.29) is 17.9 Å². The molecule has 1 aromatic carbocycles. The Hall–Kier alpha value is -2.15. The molecule has 170 valence electrons. The number of aryl methyl sites for hydroxylation is 2. The van der Waals surface area contributed by atoms with Gasteiger partial charge in [0.1, 0.15) is 4.83 Å². The van der Waals surface area contributed by atoms with Gasteiger partial charge in [-0.25, -0.2) is 0 Å². The summed E-state index contributed by atoms with van der Waals surface area (Å²) in [4.78, 5) is 22.1. The fraction of sp³-hybridized carbons (Fsp3) is 0.500. The highest BCUT2D eigenvalue weighted by molar-refractivity contribution is 7.16. The average molecular weight is 452 g/mol. The molecule has 2 aliphatic heterocycles. The summed E-state index contributed by atoms with van der Waals surface area (Å²) in [6.07, 6.45) is 3.25. The van der Waals surface area contributed by atoms with Crippen molar-refractivity contribution in [2.45, 2.75) is 45.6 Å². The minimum Gasteiger partial charge on any atom is -0.391 e. The zero-order chi connectivity index (χ0) is 22.2. The van der Waals surface area contributed by atoms with Crippen molar-refractivity contribution < 1.29 is 9.90 Å². The number of fused-ring (bicyclic) bond motifs is 1. The molecule has 0 aliphatic carbocycles. The molecule has 0 bridgehead atoms. The summed E-state index contributed by atoms with van der Waals surface area (Å²) in [7, 11) is 0. The number of hydrogen-bond acceptors (Lipinski definition) is 4. The fourth-order valence-corrected chi connectivity index (χ4v) is 6.29. The molecule has 1 unspecified atom stereocenters. The first-order valence-corrected chi connectivity index (χ1v) is 12.7. The smallest absolute Gasteiger partial charge is 0.225 e. The molecule has 2 N–H and O–H groups in total. The van der Waals surface area contributed by atoms with Gasteiger partial charge in [-0.15, -0.1) is 11.3 Å². The highest BCUT2D eigenvalue weighted by Crippen LogP contribution is 2.35. The van der Waals surface area contributed by atoms with Crippen LogP contribution in [-0.4, -0.2) is 64.6 Å². The lowest BCUT2D eigenvalue weighted by molar-refractivity contribution is -0.136. The Morgan fingerprint density at radius 3 is 2.56 bits per heavy atom. The lowest BCUT2D eigenvalue weighted by Gasteiger charge is -2.33. The number of hydrogen-bond donors (Lipinski definition) is 2. The van der Waals surface area contributed by atoms with E-state index < -0.39 is 0 Å². The number of aliphatic hydroxyl groups is 1. The molecular formula is C26H33N3O2S. The number of carbonyl (C=O) groups is 1. The summed E-state index contributed by atoms with van der Waals surface area (Å²) < 4.78 is 0. The molecule has 5 rings (SSSR count). The van der Waals surface area contributed by atoms with Crippen molar-refractivity contribution in [3.05, 3.63) is 46.3 Å². The topological polar surface area (TPSA) is 59.6 Å². The molecule has 5 nitrogen and oxygen atoms in total. The summed E-state index contributed by atoms with van der Waals surface area (Å²) in [6, 6.07) is 9.02. The summed E-state index contributed by atoms with van der Waals surface area (Å²) in [5.74, 6) is 0.377. The first-order chi connectivity index (χ1) is 15.5. The van der Waals surface area contributed by atoms with Crippen LogP contribution < -0.4 is 0 Å². The Kier molecular flexibility index (Phi) is 6.10. The average Bonchev–Trinajstić information content (AvgIpc) is 3.48. The molecule has 1 amide bonds. The van der Waals surface area contributed by atoms with Crippen molar-refractivity contribution in [2.24, 2.45) is 5.92 Å². The number of aliphatic hydroxyl groups excluding tert-OH is 1. The third kappa shape index (κ3) is 4.36. The van der Waals surface area contributed by atoms with E-state index in [0.717, 1.165) is 45.3 Å². The third-order valence-corrected chi connectivity index (χ3v) is 7.96. The van der Waals surface area contributed by atoms with Gasteiger partial charge in [0, 0.05) is 30.9 Å². The molecule has 4 heterocycles. The minimum absolute atomic E-state index is 0.123. The summed E-state index contributed by atoms with van der Waals surface area (Å²) in [5.41, 5.74) is 6.53. The van der Waals surface area contributed by atoms with Crippen molar-refractivity contribution in [3.8, 4) is 11.3 Å². The van der Waals surface area contributed by atoms with E-state index in [1.54, 1.807) is 11.3 Å². The molecule has 0 spiro atoms. The van der Waals surface area contributed by atoms with Crippen LogP contribution in [-0.2, 0) is 11.2 Å². The standard InChI is InChI=1S/C26H33N3O2S/c1-17-13-18(2)15-20(14-17)24-22(23-7-12-32-25(23)27-24)6-10-28-8-3-19(4-9-28)26(31)29-11-5-21(30)16-29/h7,12-15,19,21,27,30H,3-6,8-11,16H2,1-2H3. The first-order valence-electron chi connectivity index (χ1n) is 11.8. The lowest BCUT2D eigenvalue weighted by Crippen LogP contribution is -2.42. The van der Waals surface area contributed by atoms with Crippen LogP contribution in [0.3, 0.4) is 0 Å². The summed E-state index contributed by atoms with van der Waals surface area (Å²) >= 11 is 1.77. The van der Waals surface area contributed by atoms with Crippen LogP contribution in [0.4, 0.5) is 0 Å². The van der Waals surface area contributed by atoms with E-state index >= 15 is 0 Å². The van der Waals surface area contributed by atoms with Crippen molar-refractivity contribution in [2.75, 3.05) is 32.7 Å². The Morgan fingerprint density at radius 2 is 1.88 bits per heavy atom. The van der Waals surface area contributed by atoms with E-state index in [2.05, 4.69) is 53.4 Å². The van der Waals surface area contributed by atoms with Crippen LogP contribution in [0.25, 0.3) is 21.5 Å². The van der Waals surface area contributed by atoms with Crippen molar-refractivity contribution in [3.63, 3.8) is 0 Å². The van der Waals surface area contributed by atoms with Crippen molar-refractivity contribution in [1.29, 1.82) is 0 Å². The number of thiophene rings is 1. The quantitative estimate of drug-likeness (QED) is 0.606. The highest BCUT2D eigenvalue weighted by Gasteiger charge is 2.32. The SMILES string of the molecule is Cc1cc(C)cc(-c2[nH]c3sccc3c2CCN2CCC(C(=O)N3CCC(O)C3)CC2)c1. The van der Waals surface area contributed by atoms with Gasteiger partial charge in [-0.1, -0.05) is 17.2 Å². The second kappa shape index (κ2) is 9.00. The molecule has 2 aliphatic rings. The first kappa shape index (κ1) is 21.7. The number of rotatable bonds is 5. The van der Waals surface area contributed by atoms with Crippen LogP contribution in [0.2, 0.25) is 0 Å². The fourth-order valence-electron chi connectivity index (χ4n) is 5.47. The van der Waals surface area contributed by atoms with E-state index in [4.69, 9.17) is 0 Å². The van der Waals surface area contributed by atoms with Gasteiger partial charge in [-0.2, -0.15) is 0 Å². The molecule has 6 heteroatoms. The van der Waals surface area contributed by atoms with E-state index in [1.807, 2.05) is 4.90 Å². The van der Waals surface area contributed by atoms with E-state index in [0.29, 0.717) is 13.1 Å². The van der Waals surface area contributed by atoms with Gasteiger partial charge in [0.25, 0.3) is 0 Å². The van der Waals surface area contributed by atoms with Gasteiger partial charge >= 0.3 is 0 Å².